The first-order valence-electron chi connectivity index (χ1n) is 7.71. The molecule has 0 saturated heterocycles. The highest BCUT2D eigenvalue weighted by molar-refractivity contribution is 6.33. The van der Waals surface area contributed by atoms with Crippen molar-refractivity contribution >= 4 is 34.8 Å². The molecule has 7 heteroatoms. The van der Waals surface area contributed by atoms with Crippen molar-refractivity contribution in [1.82, 2.24) is 9.38 Å². The number of amides is 1. The fourth-order valence-corrected chi connectivity index (χ4v) is 2.89. The first-order chi connectivity index (χ1) is 12.0. The predicted octanol–water partition coefficient (Wildman–Crippen LogP) is 3.57. The highest BCUT2D eigenvalue weighted by Crippen LogP contribution is 2.21. The van der Waals surface area contributed by atoms with Crippen molar-refractivity contribution in [2.75, 3.05) is 5.32 Å². The summed E-state index contributed by atoms with van der Waals surface area (Å²) in [4.78, 5) is 27.8. The molecule has 1 aromatic carbocycles. The molecule has 0 atom stereocenters. The third-order valence-corrected chi connectivity index (χ3v) is 4.23. The minimum Gasteiger partial charge on any atom is -0.478 e. The molecule has 0 aliphatic heterocycles. The number of imidazole rings is 1. The molecule has 128 valence electrons. The van der Waals surface area contributed by atoms with Crippen LogP contribution in [-0.4, -0.2) is 26.4 Å². The molecule has 2 heterocycles. The highest BCUT2D eigenvalue weighted by atomic mass is 35.5. The van der Waals surface area contributed by atoms with Gasteiger partial charge in [-0.1, -0.05) is 17.7 Å². The Kier molecular flexibility index (Phi) is 4.72. The summed E-state index contributed by atoms with van der Waals surface area (Å²) in [5.41, 5.74) is 3.07. The van der Waals surface area contributed by atoms with Gasteiger partial charge in [0.25, 0.3) is 0 Å². The summed E-state index contributed by atoms with van der Waals surface area (Å²) in [6.07, 6.45) is 2.71. The number of carbonyl (C=O) groups excluding carboxylic acids is 1. The zero-order valence-corrected chi connectivity index (χ0v) is 14.2. The Labute approximate surface area is 149 Å². The summed E-state index contributed by atoms with van der Waals surface area (Å²) < 4.78 is 1.97. The Morgan fingerprint density at radius 2 is 2.08 bits per heavy atom. The number of hydrogen-bond donors (Lipinski definition) is 2. The van der Waals surface area contributed by atoms with Crippen LogP contribution in [0.5, 0.6) is 0 Å². The quantitative estimate of drug-likeness (QED) is 0.731. The number of anilines is 1. The van der Waals surface area contributed by atoms with Crippen molar-refractivity contribution < 1.29 is 14.7 Å². The van der Waals surface area contributed by atoms with E-state index in [4.69, 9.17) is 16.7 Å². The molecule has 25 heavy (non-hydrogen) atoms. The van der Waals surface area contributed by atoms with Crippen LogP contribution in [-0.2, 0) is 11.2 Å². The van der Waals surface area contributed by atoms with Crippen LogP contribution in [0.25, 0.3) is 5.65 Å². The maximum absolute atomic E-state index is 12.2. The van der Waals surface area contributed by atoms with Gasteiger partial charge in [0.1, 0.15) is 5.65 Å². The molecule has 2 N–H and O–H groups in total. The molecule has 1 amide bonds. The molecule has 0 aliphatic rings. The van der Waals surface area contributed by atoms with E-state index in [1.807, 2.05) is 35.7 Å². The van der Waals surface area contributed by atoms with Gasteiger partial charge < -0.3 is 14.8 Å². The van der Waals surface area contributed by atoms with Crippen molar-refractivity contribution in [1.29, 1.82) is 0 Å². The summed E-state index contributed by atoms with van der Waals surface area (Å²) in [5, 5.41) is 11.9. The number of benzene rings is 1. The van der Waals surface area contributed by atoms with E-state index in [9.17, 15) is 9.59 Å². The van der Waals surface area contributed by atoms with E-state index in [-0.39, 0.29) is 22.9 Å². The van der Waals surface area contributed by atoms with E-state index >= 15 is 0 Å². The van der Waals surface area contributed by atoms with Gasteiger partial charge >= 0.3 is 5.97 Å². The van der Waals surface area contributed by atoms with Gasteiger partial charge in [0.05, 0.1) is 16.3 Å². The molecule has 0 unspecified atom stereocenters. The molecule has 0 aliphatic carbocycles. The van der Waals surface area contributed by atoms with Crippen LogP contribution < -0.4 is 5.32 Å². The summed E-state index contributed by atoms with van der Waals surface area (Å²) in [5.74, 6) is -1.34. The zero-order valence-electron chi connectivity index (χ0n) is 13.5. The fourth-order valence-electron chi connectivity index (χ4n) is 2.69. The number of aryl methyl sites for hydroxylation is 2. The number of carbonyl (C=O) groups is 2. The number of aromatic carboxylic acids is 1. The summed E-state index contributed by atoms with van der Waals surface area (Å²) >= 11 is 5.83. The molecule has 2 aromatic heterocycles. The van der Waals surface area contributed by atoms with Crippen molar-refractivity contribution in [2.24, 2.45) is 0 Å². The normalized spacial score (nSPS) is 10.8. The highest BCUT2D eigenvalue weighted by Gasteiger charge is 2.13. The fraction of sp³-hybridized carbons (Fsp3) is 0.167. The Hall–Kier alpha value is -2.86. The van der Waals surface area contributed by atoms with Gasteiger partial charge in [-0.2, -0.15) is 0 Å². The van der Waals surface area contributed by atoms with Gasteiger partial charge in [0.15, 0.2) is 0 Å². The third kappa shape index (κ3) is 3.64. The SMILES string of the molecule is Cc1nc2ccccn2c1CCC(=O)Nc1ccc(Cl)c(C(=O)O)c1. The molecule has 6 nitrogen and oxygen atoms in total. The molecular formula is C18H16ClN3O3. The second-order valence-corrected chi connectivity index (χ2v) is 6.03. The average molecular weight is 358 g/mol. The lowest BCUT2D eigenvalue weighted by atomic mass is 10.1. The van der Waals surface area contributed by atoms with Crippen LogP contribution in [0.1, 0.15) is 28.2 Å². The zero-order chi connectivity index (χ0) is 18.0. The number of carboxylic acid groups (broad SMARTS) is 1. The van der Waals surface area contributed by atoms with Crippen LogP contribution in [0.15, 0.2) is 42.6 Å². The van der Waals surface area contributed by atoms with Crippen molar-refractivity contribution in [3.8, 4) is 0 Å². The number of nitrogens with one attached hydrogen (secondary N) is 1. The van der Waals surface area contributed by atoms with Crippen molar-refractivity contribution in [2.45, 2.75) is 19.8 Å². The second kappa shape index (κ2) is 6.94. The predicted molar refractivity (Wildman–Crippen MR) is 95.3 cm³/mol. The minimum absolute atomic E-state index is 0.0444. The number of rotatable bonds is 5. The topological polar surface area (TPSA) is 83.7 Å². The molecule has 0 bridgehead atoms. The summed E-state index contributed by atoms with van der Waals surface area (Å²) in [6, 6.07) is 10.1. The van der Waals surface area contributed by atoms with Crippen LogP contribution in [0, 0.1) is 6.92 Å². The van der Waals surface area contributed by atoms with E-state index in [2.05, 4.69) is 10.3 Å². The molecule has 0 spiro atoms. The lowest BCUT2D eigenvalue weighted by Crippen LogP contribution is -2.13. The Bertz CT molecular complexity index is 965. The Morgan fingerprint density at radius 1 is 1.28 bits per heavy atom. The lowest BCUT2D eigenvalue weighted by Gasteiger charge is -2.08. The van der Waals surface area contributed by atoms with E-state index in [0.717, 1.165) is 17.0 Å². The van der Waals surface area contributed by atoms with Crippen molar-refractivity contribution in [3.05, 3.63) is 64.6 Å². The maximum atomic E-state index is 12.2. The van der Waals surface area contributed by atoms with E-state index in [1.165, 1.54) is 12.1 Å². The monoisotopic (exact) mass is 357 g/mol. The average Bonchev–Trinajstić information content (AvgIpc) is 2.89. The van der Waals surface area contributed by atoms with Crippen LogP contribution in [0.2, 0.25) is 5.02 Å². The Balaban J connectivity index is 1.70. The number of hydrogen-bond acceptors (Lipinski definition) is 3. The molecule has 0 fully saturated rings. The lowest BCUT2D eigenvalue weighted by molar-refractivity contribution is -0.116. The van der Waals surface area contributed by atoms with Crippen LogP contribution >= 0.6 is 11.6 Å². The van der Waals surface area contributed by atoms with Gasteiger partial charge in [-0.25, -0.2) is 9.78 Å². The third-order valence-electron chi connectivity index (χ3n) is 3.90. The number of fused-ring (bicyclic) bond motifs is 1. The minimum atomic E-state index is -1.14. The van der Waals surface area contributed by atoms with Crippen LogP contribution in [0.3, 0.4) is 0 Å². The molecular weight excluding hydrogens is 342 g/mol. The maximum Gasteiger partial charge on any atom is 0.337 e. The summed E-state index contributed by atoms with van der Waals surface area (Å²) in [7, 11) is 0. The van der Waals surface area contributed by atoms with E-state index < -0.39 is 5.97 Å². The first kappa shape index (κ1) is 17.0. The molecule has 3 rings (SSSR count). The van der Waals surface area contributed by atoms with Gasteiger partial charge in [-0.3, -0.25) is 4.79 Å². The van der Waals surface area contributed by atoms with Gasteiger partial charge in [0.2, 0.25) is 5.91 Å². The van der Waals surface area contributed by atoms with E-state index in [0.29, 0.717) is 12.1 Å². The second-order valence-electron chi connectivity index (χ2n) is 5.62. The number of nitrogens with zero attached hydrogens (tertiary/aromatic N) is 2. The van der Waals surface area contributed by atoms with Gasteiger partial charge in [0, 0.05) is 24.0 Å². The number of pyridine rings is 1. The smallest absolute Gasteiger partial charge is 0.337 e. The summed E-state index contributed by atoms with van der Waals surface area (Å²) in [6.45, 7) is 1.92. The molecule has 3 aromatic rings. The van der Waals surface area contributed by atoms with Crippen LogP contribution in [0.4, 0.5) is 5.69 Å². The number of aromatic nitrogens is 2. The standard InChI is InChI=1S/C18H16ClN3O3/c1-11-15(22-9-3-2-4-16(22)20-11)7-8-17(23)21-12-5-6-14(19)13(10-12)18(24)25/h2-6,9-10H,7-8H2,1H3,(H,21,23)(H,24,25). The number of carboxylic acids is 1. The molecule has 0 radical (unpaired) electrons. The van der Waals surface area contributed by atoms with Gasteiger partial charge in [-0.15, -0.1) is 0 Å². The largest absolute Gasteiger partial charge is 0.478 e. The van der Waals surface area contributed by atoms with Crippen molar-refractivity contribution in [3.63, 3.8) is 0 Å². The molecule has 0 saturated carbocycles. The van der Waals surface area contributed by atoms with E-state index in [1.54, 1.807) is 6.07 Å². The Morgan fingerprint density at radius 3 is 2.84 bits per heavy atom. The number of halogens is 1. The van der Waals surface area contributed by atoms with Gasteiger partial charge in [-0.05, 0) is 43.7 Å². The first-order valence-corrected chi connectivity index (χ1v) is 8.09.